The largest absolute Gasteiger partial charge is 1.00 e. The molecule has 0 saturated heterocycles. The lowest BCUT2D eigenvalue weighted by Gasteiger charge is -2.12. The van der Waals surface area contributed by atoms with Gasteiger partial charge in [-0.1, -0.05) is 34.7 Å². The van der Waals surface area contributed by atoms with E-state index in [1.807, 2.05) is 36.7 Å². The fourth-order valence-corrected chi connectivity index (χ4v) is 7.66. The predicted octanol–water partition coefficient (Wildman–Crippen LogP) is 1.18. The van der Waals surface area contributed by atoms with Crippen molar-refractivity contribution >= 4 is 74.2 Å². The molecule has 0 atom stereocenters. The maximum atomic E-state index is 13.3. The molecule has 166 valence electrons. The Morgan fingerprint density at radius 1 is 1.22 bits per heavy atom. The number of aromatic nitrogens is 2. The minimum absolute atomic E-state index is 0. The van der Waals surface area contributed by atoms with Gasteiger partial charge in [0.25, 0.3) is 10.6 Å². The number of halogens is 2. The molecule has 4 heterocycles. The molecule has 10 heteroatoms. The van der Waals surface area contributed by atoms with Gasteiger partial charge in [0.2, 0.25) is 0 Å². The number of hydrogen-bond acceptors (Lipinski definition) is 6. The summed E-state index contributed by atoms with van der Waals surface area (Å²) in [6.07, 6.45) is 4.24. The molecule has 0 unspecified atom stereocenters. The second-order valence-corrected chi connectivity index (χ2v) is 11.2. The van der Waals surface area contributed by atoms with Crippen molar-refractivity contribution in [3.63, 3.8) is 0 Å². The van der Waals surface area contributed by atoms with E-state index in [2.05, 4.69) is 43.9 Å². The van der Waals surface area contributed by atoms with Crippen molar-refractivity contribution in [3.05, 3.63) is 81.7 Å². The summed E-state index contributed by atoms with van der Waals surface area (Å²) in [7, 11) is 2.00. The molecule has 0 fully saturated rings. The molecule has 4 aromatic rings. The highest BCUT2D eigenvalue weighted by Crippen LogP contribution is 2.46. The zero-order valence-electron chi connectivity index (χ0n) is 17.2. The summed E-state index contributed by atoms with van der Waals surface area (Å²) >= 11 is 12.8. The molecular weight excluding hydrogens is 521 g/mol. The normalized spacial score (nSPS) is 15.2. The highest BCUT2D eigenvalue weighted by Gasteiger charge is 2.25. The molecule has 0 N–H and O–H groups in total. The highest BCUT2D eigenvalue weighted by atomic mass is 35.5. The van der Waals surface area contributed by atoms with E-state index in [1.165, 1.54) is 5.56 Å². The Hall–Kier alpha value is -1.55. The van der Waals surface area contributed by atoms with Crippen LogP contribution in [0.15, 0.2) is 56.3 Å². The zero-order valence-corrected chi connectivity index (χ0v) is 22.0. The van der Waals surface area contributed by atoms with E-state index in [4.69, 9.17) is 11.6 Å². The first kappa shape index (κ1) is 23.6. The van der Waals surface area contributed by atoms with Gasteiger partial charge in [0.05, 0.1) is 17.1 Å². The Morgan fingerprint density at radius 3 is 2.81 bits per heavy atom. The van der Waals surface area contributed by atoms with Gasteiger partial charge in [0.1, 0.15) is 14.2 Å². The Labute approximate surface area is 213 Å². The van der Waals surface area contributed by atoms with Crippen molar-refractivity contribution in [2.24, 2.45) is 0 Å². The van der Waals surface area contributed by atoms with Gasteiger partial charge in [-0.3, -0.25) is 9.36 Å². The Kier molecular flexibility index (Phi) is 7.19. The van der Waals surface area contributed by atoms with Gasteiger partial charge < -0.3 is 17.3 Å². The molecule has 4 nitrogen and oxygen atoms in total. The minimum atomic E-state index is 0. The molecule has 0 radical (unpaired) electrons. The number of anilines is 1. The second kappa shape index (κ2) is 9.75. The molecule has 1 aromatic carbocycles. The topological polar surface area (TPSA) is 29.1 Å². The van der Waals surface area contributed by atoms with Crippen molar-refractivity contribution < 1.29 is 17.0 Å². The van der Waals surface area contributed by atoms with E-state index in [1.54, 1.807) is 45.8 Å². The summed E-state index contributed by atoms with van der Waals surface area (Å²) in [5.74, 6) is 0. The molecule has 0 spiro atoms. The molecule has 32 heavy (non-hydrogen) atoms. The second-order valence-electron chi connectivity index (χ2n) is 7.04. The average molecular weight is 541 g/mol. The van der Waals surface area contributed by atoms with E-state index >= 15 is 0 Å². The lowest BCUT2D eigenvalue weighted by atomic mass is 10.3. The standard InChI is InChI=1S/C22H19ClN3OS4.ClH/c1-3-26-19(11-18-25(7-9-29-18)12-14-6-8-28-13-14)31-20(21(26)27)22-24(2)16-10-15(23)4-5-17(16)30-22;/h4-11,13H,3,12H2,1-2H3;1H/q+1;/p-1/b22-20+;. The average Bonchev–Trinajstić information content (AvgIpc) is 3.53. The minimum Gasteiger partial charge on any atom is -1.00 e. The van der Waals surface area contributed by atoms with Crippen molar-refractivity contribution in [3.8, 4) is 0 Å². The number of thiazole rings is 2. The summed E-state index contributed by atoms with van der Waals surface area (Å²) in [6, 6.07) is 8.02. The smallest absolute Gasteiger partial charge is 0.271 e. The van der Waals surface area contributed by atoms with Gasteiger partial charge in [-0.15, -0.1) is 11.3 Å². The molecule has 0 amide bonds. The van der Waals surface area contributed by atoms with Crippen LogP contribution >= 0.6 is 57.4 Å². The van der Waals surface area contributed by atoms with E-state index in [0.29, 0.717) is 11.6 Å². The van der Waals surface area contributed by atoms with Crippen LogP contribution in [0.3, 0.4) is 0 Å². The van der Waals surface area contributed by atoms with Crippen LogP contribution in [0.4, 0.5) is 5.69 Å². The predicted molar refractivity (Wildman–Crippen MR) is 134 cm³/mol. The van der Waals surface area contributed by atoms with Crippen LogP contribution in [0.25, 0.3) is 11.1 Å². The molecule has 5 rings (SSSR count). The SMILES string of the molecule is CCn1c(=O)/c(=C2\Sc3ccc(Cl)cc3N2C)s/c1=C\c1scc[n+]1Cc1ccsc1.[Cl-]. The Balaban J connectivity index is 0.00000245. The summed E-state index contributed by atoms with van der Waals surface area (Å²) in [5, 5.41) is 9.17. The number of hydrogen-bond donors (Lipinski definition) is 0. The quantitative estimate of drug-likeness (QED) is 0.365. The fraction of sp³-hybridized carbons (Fsp3) is 0.182. The summed E-state index contributed by atoms with van der Waals surface area (Å²) in [5.41, 5.74) is 2.40. The third-order valence-corrected chi connectivity index (χ3v) is 9.41. The number of rotatable bonds is 4. The van der Waals surface area contributed by atoms with Gasteiger partial charge in [-0.2, -0.15) is 15.9 Å². The van der Waals surface area contributed by atoms with Crippen molar-refractivity contribution in [2.45, 2.75) is 24.9 Å². The molecule has 3 aromatic heterocycles. The number of nitrogens with zero attached hydrogens (tertiary/aromatic N) is 3. The van der Waals surface area contributed by atoms with Gasteiger partial charge in [-0.25, -0.2) is 0 Å². The van der Waals surface area contributed by atoms with Gasteiger partial charge in [0.15, 0.2) is 12.7 Å². The molecular formula is C22H19Cl2N3OS4. The molecule has 1 aliphatic rings. The van der Waals surface area contributed by atoms with Crippen LogP contribution in [-0.2, 0) is 13.1 Å². The van der Waals surface area contributed by atoms with Crippen LogP contribution in [0.2, 0.25) is 5.02 Å². The van der Waals surface area contributed by atoms with Crippen molar-refractivity contribution in [1.29, 1.82) is 0 Å². The third kappa shape index (κ3) is 4.32. The lowest BCUT2D eigenvalue weighted by molar-refractivity contribution is -0.685. The summed E-state index contributed by atoms with van der Waals surface area (Å²) < 4.78 is 5.85. The fourth-order valence-electron chi connectivity index (χ4n) is 3.53. The van der Waals surface area contributed by atoms with Crippen molar-refractivity contribution in [1.82, 2.24) is 4.57 Å². The highest BCUT2D eigenvalue weighted by molar-refractivity contribution is 8.08. The molecule has 0 bridgehead atoms. The first-order valence-electron chi connectivity index (χ1n) is 9.70. The number of benzene rings is 1. The van der Waals surface area contributed by atoms with Crippen LogP contribution in [0, 0.1) is 0 Å². The first-order chi connectivity index (χ1) is 15.0. The van der Waals surface area contributed by atoms with Gasteiger partial charge >= 0.3 is 0 Å². The lowest BCUT2D eigenvalue weighted by Crippen LogP contribution is -3.00. The molecule has 0 saturated carbocycles. The van der Waals surface area contributed by atoms with Crippen LogP contribution < -0.4 is 36.6 Å². The zero-order chi connectivity index (χ0) is 21.5. The third-order valence-electron chi connectivity index (χ3n) is 5.11. The van der Waals surface area contributed by atoms with Crippen LogP contribution in [0.5, 0.6) is 0 Å². The number of thiophene rings is 1. The van der Waals surface area contributed by atoms with E-state index in [-0.39, 0.29) is 18.0 Å². The van der Waals surface area contributed by atoms with Gasteiger partial charge in [-0.05, 0) is 36.6 Å². The Morgan fingerprint density at radius 2 is 2.06 bits per heavy atom. The van der Waals surface area contributed by atoms with E-state index in [0.717, 1.165) is 36.4 Å². The molecule has 0 aliphatic carbocycles. The Bertz CT molecular complexity index is 1440. The monoisotopic (exact) mass is 539 g/mol. The molecule has 1 aliphatic heterocycles. The van der Waals surface area contributed by atoms with Crippen molar-refractivity contribution in [2.75, 3.05) is 11.9 Å². The maximum Gasteiger partial charge on any atom is 0.271 e. The maximum absolute atomic E-state index is 13.3. The number of fused-ring (bicyclic) bond motifs is 1. The van der Waals surface area contributed by atoms with E-state index < -0.39 is 0 Å². The summed E-state index contributed by atoms with van der Waals surface area (Å²) in [6.45, 7) is 3.49. The first-order valence-corrected chi connectivity index (χ1v) is 13.5. The van der Waals surface area contributed by atoms with E-state index in [9.17, 15) is 4.79 Å². The summed E-state index contributed by atoms with van der Waals surface area (Å²) in [4.78, 5) is 16.5. The van der Waals surface area contributed by atoms with Crippen LogP contribution in [0.1, 0.15) is 17.5 Å². The number of thioether (sulfide) groups is 1. The van der Waals surface area contributed by atoms with Gasteiger partial charge in [0, 0.05) is 34.5 Å². The van der Waals surface area contributed by atoms with Crippen LogP contribution in [-0.4, -0.2) is 11.6 Å².